The maximum absolute atomic E-state index is 13.0. The zero-order valence-electron chi connectivity index (χ0n) is 8.19. The molecule has 7 heteroatoms. The van der Waals surface area contributed by atoms with E-state index in [2.05, 4.69) is 0 Å². The van der Waals surface area contributed by atoms with E-state index < -0.39 is 41.7 Å². The van der Waals surface area contributed by atoms with Gasteiger partial charge in [-0.2, -0.15) is 8.78 Å². The lowest BCUT2D eigenvalue weighted by Crippen LogP contribution is -2.37. The van der Waals surface area contributed by atoms with Crippen LogP contribution in [-0.4, -0.2) is 18.1 Å². The largest absolute Gasteiger partial charge is 0.364 e. The molecule has 0 heterocycles. The molecule has 0 aliphatic heterocycles. The van der Waals surface area contributed by atoms with Crippen LogP contribution in [0.3, 0.4) is 0 Å². The van der Waals surface area contributed by atoms with E-state index in [9.17, 15) is 31.1 Å². The lowest BCUT2D eigenvalue weighted by Gasteiger charge is -2.13. The Balaban J connectivity index is 2.92. The summed E-state index contributed by atoms with van der Waals surface area (Å²) in [5.41, 5.74) is -0.685. The first-order valence-corrected chi connectivity index (χ1v) is 4.38. The number of rotatable bonds is 4. The van der Waals surface area contributed by atoms with Gasteiger partial charge in [-0.05, 0) is 23.8 Å². The molecule has 0 saturated heterocycles. The fourth-order valence-electron chi connectivity index (χ4n) is 1.09. The predicted octanol–water partition coefficient (Wildman–Crippen LogP) is 2.98. The summed E-state index contributed by atoms with van der Waals surface area (Å²) in [4.78, 5) is 10.8. The summed E-state index contributed by atoms with van der Waals surface area (Å²) in [6, 6.07) is 1.85. The molecule has 1 aromatic rings. The van der Waals surface area contributed by atoms with E-state index in [4.69, 9.17) is 0 Å². The average molecular weight is 256 g/mol. The molecule has 1 nitrogen and oxygen atoms in total. The number of ketones is 1. The standard InChI is InChI=1S/C10H6F6O/c11-6-1-2-7(12)5(3-6)4-8(17)10(15,16)9(13)14/h1-3,9H,4H2. The number of benzene rings is 1. The number of hydrogen-bond donors (Lipinski definition) is 0. The van der Waals surface area contributed by atoms with Crippen molar-refractivity contribution in [2.45, 2.75) is 18.8 Å². The summed E-state index contributed by atoms with van der Waals surface area (Å²) < 4.78 is 74.3. The average Bonchev–Trinajstić information content (AvgIpc) is 2.23. The van der Waals surface area contributed by atoms with Gasteiger partial charge in [0, 0.05) is 6.42 Å². The van der Waals surface area contributed by atoms with Crippen LogP contribution in [0.25, 0.3) is 0 Å². The van der Waals surface area contributed by atoms with Gasteiger partial charge in [-0.1, -0.05) is 0 Å². The van der Waals surface area contributed by atoms with Crippen molar-refractivity contribution in [2.75, 3.05) is 0 Å². The highest BCUT2D eigenvalue weighted by Crippen LogP contribution is 2.26. The Bertz CT molecular complexity index is 429. The highest BCUT2D eigenvalue weighted by atomic mass is 19.3. The summed E-state index contributed by atoms with van der Waals surface area (Å²) in [7, 11) is 0. The summed E-state index contributed by atoms with van der Waals surface area (Å²) in [5.74, 6) is -9.07. The fraction of sp³-hybridized carbons (Fsp3) is 0.300. The van der Waals surface area contributed by atoms with Crippen molar-refractivity contribution >= 4 is 5.78 Å². The van der Waals surface area contributed by atoms with E-state index in [0.717, 1.165) is 0 Å². The molecule has 0 unspecified atom stereocenters. The Morgan fingerprint density at radius 2 is 1.82 bits per heavy atom. The number of alkyl halides is 4. The summed E-state index contributed by atoms with van der Waals surface area (Å²) in [6.07, 6.45) is -5.47. The Kier molecular flexibility index (Phi) is 3.79. The minimum absolute atomic E-state index is 0.509. The molecule has 0 radical (unpaired) electrons. The Labute approximate surface area is 92.0 Å². The molecule has 0 aliphatic rings. The van der Waals surface area contributed by atoms with Crippen LogP contribution >= 0.6 is 0 Å². The molecular formula is C10H6F6O. The SMILES string of the molecule is O=C(Cc1cc(F)ccc1F)C(F)(F)C(F)F. The second-order valence-electron chi connectivity index (χ2n) is 3.26. The summed E-state index contributed by atoms with van der Waals surface area (Å²) in [5, 5.41) is 0. The van der Waals surface area contributed by atoms with Crippen molar-refractivity contribution in [1.82, 2.24) is 0 Å². The molecule has 0 N–H and O–H groups in total. The van der Waals surface area contributed by atoms with Crippen molar-refractivity contribution in [1.29, 1.82) is 0 Å². The third kappa shape index (κ3) is 2.98. The number of carbonyl (C=O) groups excluding carboxylic acids is 1. The predicted molar refractivity (Wildman–Crippen MR) is 46.0 cm³/mol. The van der Waals surface area contributed by atoms with Crippen LogP contribution in [0.1, 0.15) is 5.56 Å². The third-order valence-electron chi connectivity index (χ3n) is 2.00. The molecule has 1 rings (SSSR count). The van der Waals surface area contributed by atoms with Gasteiger partial charge in [-0.3, -0.25) is 4.79 Å². The molecule has 0 saturated carbocycles. The van der Waals surface area contributed by atoms with Crippen LogP contribution in [0.15, 0.2) is 18.2 Å². The molecule has 0 atom stereocenters. The third-order valence-corrected chi connectivity index (χ3v) is 2.00. The number of carbonyl (C=O) groups is 1. The Morgan fingerprint density at radius 1 is 1.24 bits per heavy atom. The van der Waals surface area contributed by atoms with Gasteiger partial charge in [0.05, 0.1) is 0 Å². The van der Waals surface area contributed by atoms with Crippen molar-refractivity contribution < 1.29 is 31.1 Å². The van der Waals surface area contributed by atoms with Gasteiger partial charge in [-0.25, -0.2) is 17.6 Å². The summed E-state index contributed by atoms with van der Waals surface area (Å²) in [6.45, 7) is 0. The first kappa shape index (κ1) is 13.5. The monoisotopic (exact) mass is 256 g/mol. The molecular weight excluding hydrogens is 250 g/mol. The quantitative estimate of drug-likeness (QED) is 0.757. The lowest BCUT2D eigenvalue weighted by atomic mass is 10.0. The minimum Gasteiger partial charge on any atom is -0.292 e. The number of halogens is 6. The Morgan fingerprint density at radius 3 is 2.35 bits per heavy atom. The van der Waals surface area contributed by atoms with Crippen LogP contribution in [0.5, 0.6) is 0 Å². The van der Waals surface area contributed by atoms with E-state index in [1.165, 1.54) is 0 Å². The smallest absolute Gasteiger partial charge is 0.292 e. The maximum atomic E-state index is 13.0. The molecule has 1 aromatic carbocycles. The van der Waals surface area contributed by atoms with E-state index in [1.807, 2.05) is 0 Å². The fourth-order valence-corrected chi connectivity index (χ4v) is 1.09. The van der Waals surface area contributed by atoms with Gasteiger partial charge >= 0.3 is 12.3 Å². The topological polar surface area (TPSA) is 17.1 Å². The molecule has 94 valence electrons. The molecule has 17 heavy (non-hydrogen) atoms. The number of Topliss-reactive ketones (excluding diaryl/α,β-unsaturated/α-hetero) is 1. The zero-order valence-corrected chi connectivity index (χ0v) is 8.19. The van der Waals surface area contributed by atoms with E-state index in [1.54, 1.807) is 0 Å². The van der Waals surface area contributed by atoms with E-state index >= 15 is 0 Å². The molecule has 0 bridgehead atoms. The summed E-state index contributed by atoms with van der Waals surface area (Å²) >= 11 is 0. The second kappa shape index (κ2) is 4.77. The molecule has 0 fully saturated rings. The molecule has 0 aromatic heterocycles. The van der Waals surface area contributed by atoms with Crippen LogP contribution in [0.2, 0.25) is 0 Å². The molecule has 0 aliphatic carbocycles. The van der Waals surface area contributed by atoms with Gasteiger partial charge in [0.15, 0.2) is 0 Å². The van der Waals surface area contributed by atoms with Crippen molar-refractivity contribution in [3.63, 3.8) is 0 Å². The van der Waals surface area contributed by atoms with E-state index in [0.29, 0.717) is 18.2 Å². The van der Waals surface area contributed by atoms with Crippen LogP contribution in [-0.2, 0) is 11.2 Å². The first-order valence-electron chi connectivity index (χ1n) is 4.38. The normalized spacial score (nSPS) is 11.9. The minimum atomic E-state index is -4.86. The lowest BCUT2D eigenvalue weighted by molar-refractivity contribution is -0.166. The van der Waals surface area contributed by atoms with Gasteiger partial charge in [0.2, 0.25) is 5.78 Å². The van der Waals surface area contributed by atoms with Crippen LogP contribution < -0.4 is 0 Å². The zero-order chi connectivity index (χ0) is 13.2. The van der Waals surface area contributed by atoms with Gasteiger partial charge in [0.25, 0.3) is 0 Å². The van der Waals surface area contributed by atoms with Gasteiger partial charge < -0.3 is 0 Å². The first-order chi connectivity index (χ1) is 7.75. The maximum Gasteiger partial charge on any atom is 0.364 e. The van der Waals surface area contributed by atoms with Crippen molar-refractivity contribution in [3.8, 4) is 0 Å². The van der Waals surface area contributed by atoms with Gasteiger partial charge in [-0.15, -0.1) is 0 Å². The van der Waals surface area contributed by atoms with Crippen molar-refractivity contribution in [2.24, 2.45) is 0 Å². The van der Waals surface area contributed by atoms with Crippen molar-refractivity contribution in [3.05, 3.63) is 35.4 Å². The highest BCUT2D eigenvalue weighted by Gasteiger charge is 2.48. The Hall–Kier alpha value is -1.53. The number of hydrogen-bond acceptors (Lipinski definition) is 1. The van der Waals surface area contributed by atoms with Crippen LogP contribution in [0, 0.1) is 11.6 Å². The highest BCUT2D eigenvalue weighted by molar-refractivity contribution is 5.88. The van der Waals surface area contributed by atoms with E-state index in [-0.39, 0.29) is 0 Å². The molecule has 0 spiro atoms. The van der Waals surface area contributed by atoms with Crippen LogP contribution in [0.4, 0.5) is 26.3 Å². The molecule has 0 amide bonds. The van der Waals surface area contributed by atoms with Gasteiger partial charge in [0.1, 0.15) is 11.6 Å². The second-order valence-corrected chi connectivity index (χ2v) is 3.26.